The van der Waals surface area contributed by atoms with Crippen molar-refractivity contribution >= 4 is 17.7 Å². The number of nitrogens with zero attached hydrogens (tertiary/aromatic N) is 1. The maximum Gasteiger partial charge on any atom is 0.354 e. The second-order valence-corrected chi connectivity index (χ2v) is 6.10. The van der Waals surface area contributed by atoms with Gasteiger partial charge in [-0.25, -0.2) is 9.78 Å². The zero-order valence-corrected chi connectivity index (χ0v) is 11.4. The fraction of sp³-hybridized carbons (Fsp3) is 0.571. The van der Waals surface area contributed by atoms with Crippen LogP contribution in [0.15, 0.2) is 23.2 Å². The highest BCUT2D eigenvalue weighted by molar-refractivity contribution is 8.00. The summed E-state index contributed by atoms with van der Waals surface area (Å²) >= 11 is 1.83. The van der Waals surface area contributed by atoms with Crippen molar-refractivity contribution in [3.63, 3.8) is 0 Å². The van der Waals surface area contributed by atoms with E-state index >= 15 is 0 Å². The molecule has 2 unspecified atom stereocenters. The van der Waals surface area contributed by atoms with E-state index in [0.29, 0.717) is 5.25 Å². The smallest absolute Gasteiger partial charge is 0.354 e. The van der Waals surface area contributed by atoms with Crippen LogP contribution in [0.5, 0.6) is 0 Å². The molecule has 3 nitrogen and oxygen atoms in total. The van der Waals surface area contributed by atoms with Crippen LogP contribution in [0.3, 0.4) is 0 Å². The molecular weight excluding hydrogens is 246 g/mol. The van der Waals surface area contributed by atoms with Gasteiger partial charge in [0.25, 0.3) is 0 Å². The number of aromatic nitrogens is 1. The second kappa shape index (κ2) is 6.23. The molecular formula is C14H19NO2S. The lowest BCUT2D eigenvalue weighted by Gasteiger charge is -2.30. The Morgan fingerprint density at radius 2 is 2.28 bits per heavy atom. The molecule has 1 heterocycles. The van der Waals surface area contributed by atoms with Gasteiger partial charge in [-0.2, -0.15) is 0 Å². The molecule has 1 aliphatic rings. The van der Waals surface area contributed by atoms with Crippen molar-refractivity contribution < 1.29 is 9.90 Å². The average molecular weight is 265 g/mol. The summed E-state index contributed by atoms with van der Waals surface area (Å²) in [7, 11) is 0. The third kappa shape index (κ3) is 3.25. The fourth-order valence-corrected chi connectivity index (χ4v) is 4.05. The summed E-state index contributed by atoms with van der Waals surface area (Å²) in [6.45, 7) is 2.25. The van der Waals surface area contributed by atoms with Crippen LogP contribution in [0.1, 0.15) is 49.5 Å². The van der Waals surface area contributed by atoms with Gasteiger partial charge in [0.2, 0.25) is 0 Å². The number of carboxylic acids is 1. The molecule has 0 radical (unpaired) electrons. The largest absolute Gasteiger partial charge is 0.477 e. The molecule has 18 heavy (non-hydrogen) atoms. The summed E-state index contributed by atoms with van der Waals surface area (Å²) in [5, 5.41) is 9.57. The van der Waals surface area contributed by atoms with E-state index in [2.05, 4.69) is 11.9 Å². The van der Waals surface area contributed by atoms with E-state index in [1.54, 1.807) is 12.3 Å². The molecule has 0 saturated heterocycles. The summed E-state index contributed by atoms with van der Waals surface area (Å²) in [4.78, 5) is 15.8. The number of aromatic carboxylic acids is 1. The Morgan fingerprint density at radius 1 is 1.50 bits per heavy atom. The summed E-state index contributed by atoms with van der Waals surface area (Å²) < 4.78 is 0. The molecule has 0 aromatic carbocycles. The van der Waals surface area contributed by atoms with E-state index in [-0.39, 0.29) is 5.69 Å². The minimum atomic E-state index is -0.951. The molecule has 1 N–H and O–H groups in total. The lowest BCUT2D eigenvalue weighted by atomic mass is 9.87. The number of carboxylic acid groups (broad SMARTS) is 1. The molecule has 1 aliphatic carbocycles. The molecule has 0 amide bonds. The first kappa shape index (κ1) is 13.4. The molecule has 1 saturated carbocycles. The van der Waals surface area contributed by atoms with Crippen molar-refractivity contribution in [1.82, 2.24) is 4.98 Å². The normalized spacial score (nSPS) is 23.8. The van der Waals surface area contributed by atoms with Gasteiger partial charge in [0.15, 0.2) is 0 Å². The molecule has 1 aromatic heterocycles. The Labute approximate surface area is 112 Å². The number of rotatable bonds is 4. The van der Waals surface area contributed by atoms with Crippen LogP contribution < -0.4 is 0 Å². The van der Waals surface area contributed by atoms with Crippen molar-refractivity contribution in [2.45, 2.75) is 49.2 Å². The van der Waals surface area contributed by atoms with E-state index in [1.807, 2.05) is 17.8 Å². The van der Waals surface area contributed by atoms with Gasteiger partial charge in [0.1, 0.15) is 5.69 Å². The predicted octanol–water partition coefficient (Wildman–Crippen LogP) is 3.84. The molecule has 0 bridgehead atoms. The molecule has 98 valence electrons. The standard InChI is InChI=1S/C14H19NO2S/c1-2-10-5-3-4-6-13(10)18-11-7-8-15-12(9-11)14(16)17/h7-10,13H,2-6H2,1H3,(H,16,17). The van der Waals surface area contributed by atoms with Gasteiger partial charge in [0.05, 0.1) is 0 Å². The summed E-state index contributed by atoms with van der Waals surface area (Å²) in [6.07, 6.45) is 8.00. The van der Waals surface area contributed by atoms with Crippen LogP contribution in [0.2, 0.25) is 0 Å². The van der Waals surface area contributed by atoms with Gasteiger partial charge < -0.3 is 5.11 Å². The van der Waals surface area contributed by atoms with Gasteiger partial charge in [-0.3, -0.25) is 0 Å². The number of thioether (sulfide) groups is 1. The third-order valence-corrected chi connectivity index (χ3v) is 5.05. The summed E-state index contributed by atoms with van der Waals surface area (Å²) in [5.41, 5.74) is 0.142. The van der Waals surface area contributed by atoms with Crippen LogP contribution in [-0.2, 0) is 0 Å². The molecule has 2 rings (SSSR count). The summed E-state index contributed by atoms with van der Waals surface area (Å²) in [5.74, 6) is -0.182. The van der Waals surface area contributed by atoms with Gasteiger partial charge in [-0.15, -0.1) is 11.8 Å². The average Bonchev–Trinajstić information content (AvgIpc) is 2.39. The zero-order valence-electron chi connectivity index (χ0n) is 10.6. The van der Waals surface area contributed by atoms with Crippen LogP contribution in [0.25, 0.3) is 0 Å². The quantitative estimate of drug-likeness (QED) is 0.898. The monoisotopic (exact) mass is 265 g/mol. The minimum absolute atomic E-state index is 0.142. The zero-order chi connectivity index (χ0) is 13.0. The molecule has 0 spiro atoms. The second-order valence-electron chi connectivity index (χ2n) is 4.79. The molecule has 1 aromatic rings. The van der Waals surface area contributed by atoms with Crippen molar-refractivity contribution in [2.75, 3.05) is 0 Å². The molecule has 4 heteroatoms. The Kier molecular flexibility index (Phi) is 4.64. The first-order valence-corrected chi connectivity index (χ1v) is 7.44. The highest BCUT2D eigenvalue weighted by Crippen LogP contribution is 2.38. The number of carbonyl (C=O) groups is 1. The number of pyridine rings is 1. The van der Waals surface area contributed by atoms with Crippen molar-refractivity contribution in [3.05, 3.63) is 24.0 Å². The van der Waals surface area contributed by atoms with Crippen molar-refractivity contribution in [2.24, 2.45) is 5.92 Å². The van der Waals surface area contributed by atoms with E-state index in [0.717, 1.165) is 10.8 Å². The van der Waals surface area contributed by atoms with E-state index in [9.17, 15) is 4.79 Å². The SMILES string of the molecule is CCC1CCCCC1Sc1ccnc(C(=O)O)c1. The van der Waals surface area contributed by atoms with Gasteiger partial charge in [-0.1, -0.05) is 26.2 Å². The highest BCUT2D eigenvalue weighted by atomic mass is 32.2. The van der Waals surface area contributed by atoms with Gasteiger partial charge in [0, 0.05) is 16.3 Å². The molecule has 0 aliphatic heterocycles. The van der Waals surface area contributed by atoms with Gasteiger partial charge >= 0.3 is 5.97 Å². The highest BCUT2D eigenvalue weighted by Gasteiger charge is 2.24. The maximum absolute atomic E-state index is 10.9. The number of hydrogen-bond acceptors (Lipinski definition) is 3. The Balaban J connectivity index is 2.07. The lowest BCUT2D eigenvalue weighted by molar-refractivity contribution is 0.0690. The molecule has 2 atom stereocenters. The van der Waals surface area contributed by atoms with Crippen molar-refractivity contribution in [3.8, 4) is 0 Å². The van der Waals surface area contributed by atoms with Crippen LogP contribution in [-0.4, -0.2) is 21.3 Å². The van der Waals surface area contributed by atoms with Crippen LogP contribution >= 0.6 is 11.8 Å². The van der Waals surface area contributed by atoms with E-state index in [4.69, 9.17) is 5.11 Å². The number of hydrogen-bond donors (Lipinski definition) is 1. The first-order valence-electron chi connectivity index (χ1n) is 6.56. The van der Waals surface area contributed by atoms with E-state index < -0.39 is 5.97 Å². The maximum atomic E-state index is 10.9. The Morgan fingerprint density at radius 3 is 3.00 bits per heavy atom. The Bertz CT molecular complexity index is 422. The first-order chi connectivity index (χ1) is 8.70. The lowest BCUT2D eigenvalue weighted by Crippen LogP contribution is -2.21. The van der Waals surface area contributed by atoms with Crippen LogP contribution in [0.4, 0.5) is 0 Å². The fourth-order valence-electron chi connectivity index (χ4n) is 2.57. The Hall–Kier alpha value is -1.03. The van der Waals surface area contributed by atoms with E-state index in [1.165, 1.54) is 32.1 Å². The van der Waals surface area contributed by atoms with Gasteiger partial charge in [-0.05, 0) is 30.9 Å². The van der Waals surface area contributed by atoms with Crippen LogP contribution in [0, 0.1) is 5.92 Å². The topological polar surface area (TPSA) is 50.2 Å². The molecule has 1 fully saturated rings. The minimum Gasteiger partial charge on any atom is -0.477 e. The van der Waals surface area contributed by atoms with Crippen molar-refractivity contribution in [1.29, 1.82) is 0 Å². The summed E-state index contributed by atoms with van der Waals surface area (Å²) in [6, 6.07) is 3.60. The third-order valence-electron chi connectivity index (χ3n) is 3.60. The predicted molar refractivity (Wildman–Crippen MR) is 73.1 cm³/mol.